The number of nitrogens with one attached hydrogen (secondary N) is 2. The second kappa shape index (κ2) is 8.94. The number of benzene rings is 3. The van der Waals surface area contributed by atoms with E-state index in [9.17, 15) is 4.79 Å². The van der Waals surface area contributed by atoms with E-state index in [4.69, 9.17) is 9.47 Å². The maximum Gasteiger partial charge on any atom is 0.239 e. The first-order chi connectivity index (χ1) is 13.2. The number of fused-ring (bicyclic) bond motifs is 1. The number of amides is 1. The Hall–Kier alpha value is -3.21. The molecule has 0 heterocycles. The molecule has 1 amide bonds. The Morgan fingerprint density at radius 3 is 2.52 bits per heavy atom. The molecule has 0 spiro atoms. The van der Waals surface area contributed by atoms with Gasteiger partial charge in [-0.15, -0.1) is 0 Å². The molecule has 0 aliphatic heterocycles. The standard InChI is InChI=1S/C22H24N2O3/c1-26-20-11-10-16(14-21(20)27-2)12-13-23-22(25)15-24-19-9-5-7-17-6-3-4-8-18(17)19/h3-11,14,24H,12-13,15H2,1-2H3,(H,23,25). The van der Waals surface area contributed by atoms with Crippen LogP contribution in [0.25, 0.3) is 10.8 Å². The van der Waals surface area contributed by atoms with Crippen LogP contribution in [0.4, 0.5) is 5.69 Å². The molecule has 3 aromatic rings. The van der Waals surface area contributed by atoms with Gasteiger partial charge in [0, 0.05) is 17.6 Å². The maximum absolute atomic E-state index is 12.1. The zero-order chi connectivity index (χ0) is 19.1. The minimum Gasteiger partial charge on any atom is -0.493 e. The Kier molecular flexibility index (Phi) is 6.15. The normalized spacial score (nSPS) is 10.4. The maximum atomic E-state index is 12.1. The quantitative estimate of drug-likeness (QED) is 0.641. The van der Waals surface area contributed by atoms with Crippen LogP contribution in [0.2, 0.25) is 0 Å². The van der Waals surface area contributed by atoms with Gasteiger partial charge in [0.05, 0.1) is 20.8 Å². The van der Waals surface area contributed by atoms with Crippen molar-refractivity contribution in [2.45, 2.75) is 6.42 Å². The highest BCUT2D eigenvalue weighted by Crippen LogP contribution is 2.27. The minimum atomic E-state index is -0.0385. The van der Waals surface area contributed by atoms with Crippen LogP contribution in [0, 0.1) is 0 Å². The van der Waals surface area contributed by atoms with Gasteiger partial charge in [-0.1, -0.05) is 42.5 Å². The Balaban J connectivity index is 1.50. The van der Waals surface area contributed by atoms with Gasteiger partial charge in [-0.05, 0) is 35.6 Å². The third kappa shape index (κ3) is 4.70. The van der Waals surface area contributed by atoms with Gasteiger partial charge in [0.15, 0.2) is 11.5 Å². The Morgan fingerprint density at radius 1 is 0.926 bits per heavy atom. The van der Waals surface area contributed by atoms with E-state index < -0.39 is 0 Å². The molecule has 0 saturated carbocycles. The lowest BCUT2D eigenvalue weighted by Crippen LogP contribution is -2.31. The smallest absolute Gasteiger partial charge is 0.239 e. The first-order valence-electron chi connectivity index (χ1n) is 8.90. The summed E-state index contributed by atoms with van der Waals surface area (Å²) in [6.45, 7) is 0.797. The van der Waals surface area contributed by atoms with Crippen LogP contribution in [0.3, 0.4) is 0 Å². The molecule has 0 aromatic heterocycles. The fraction of sp³-hybridized carbons (Fsp3) is 0.227. The molecule has 0 bridgehead atoms. The first-order valence-corrected chi connectivity index (χ1v) is 8.90. The Morgan fingerprint density at radius 2 is 1.70 bits per heavy atom. The summed E-state index contributed by atoms with van der Waals surface area (Å²) in [6.07, 6.45) is 0.723. The van der Waals surface area contributed by atoms with E-state index in [1.54, 1.807) is 14.2 Å². The van der Waals surface area contributed by atoms with Crippen LogP contribution in [-0.4, -0.2) is 33.2 Å². The van der Waals surface area contributed by atoms with E-state index >= 15 is 0 Å². The summed E-state index contributed by atoms with van der Waals surface area (Å²) in [6, 6.07) is 19.9. The van der Waals surface area contributed by atoms with Crippen molar-refractivity contribution in [2.75, 3.05) is 32.6 Å². The van der Waals surface area contributed by atoms with Crippen LogP contribution >= 0.6 is 0 Å². The average molecular weight is 364 g/mol. The molecule has 0 aliphatic rings. The fourth-order valence-corrected chi connectivity index (χ4v) is 3.00. The number of anilines is 1. The van der Waals surface area contributed by atoms with Crippen molar-refractivity contribution >= 4 is 22.4 Å². The molecule has 5 nitrogen and oxygen atoms in total. The van der Waals surface area contributed by atoms with Gasteiger partial charge in [-0.25, -0.2) is 0 Å². The Bertz CT molecular complexity index is 919. The highest BCUT2D eigenvalue weighted by Gasteiger charge is 2.06. The fourth-order valence-electron chi connectivity index (χ4n) is 3.00. The topological polar surface area (TPSA) is 59.6 Å². The van der Waals surface area contributed by atoms with Crippen LogP contribution in [0.5, 0.6) is 11.5 Å². The van der Waals surface area contributed by atoms with Gasteiger partial charge < -0.3 is 20.1 Å². The molecule has 0 atom stereocenters. The first kappa shape index (κ1) is 18.6. The molecule has 3 rings (SSSR count). The van der Waals surface area contributed by atoms with Crippen molar-refractivity contribution in [2.24, 2.45) is 0 Å². The van der Waals surface area contributed by atoms with E-state index in [2.05, 4.69) is 22.8 Å². The molecule has 0 aliphatic carbocycles. The highest BCUT2D eigenvalue weighted by molar-refractivity contribution is 5.95. The van der Waals surface area contributed by atoms with Crippen molar-refractivity contribution in [3.8, 4) is 11.5 Å². The van der Waals surface area contributed by atoms with Gasteiger partial charge >= 0.3 is 0 Å². The molecular formula is C22H24N2O3. The average Bonchev–Trinajstić information content (AvgIpc) is 2.72. The van der Waals surface area contributed by atoms with E-state index in [-0.39, 0.29) is 12.5 Å². The van der Waals surface area contributed by atoms with Crippen LogP contribution < -0.4 is 20.1 Å². The summed E-state index contributed by atoms with van der Waals surface area (Å²) in [5.41, 5.74) is 2.04. The third-order valence-corrected chi connectivity index (χ3v) is 4.41. The number of carbonyl (C=O) groups excluding carboxylic acids is 1. The number of hydrogen-bond acceptors (Lipinski definition) is 4. The van der Waals surface area contributed by atoms with Crippen LogP contribution in [-0.2, 0) is 11.2 Å². The van der Waals surface area contributed by atoms with Crippen molar-refractivity contribution in [3.63, 3.8) is 0 Å². The van der Waals surface area contributed by atoms with Crippen molar-refractivity contribution in [1.82, 2.24) is 5.32 Å². The molecule has 0 unspecified atom stereocenters. The number of carbonyl (C=O) groups is 1. The zero-order valence-electron chi connectivity index (χ0n) is 15.6. The number of methoxy groups -OCH3 is 2. The van der Waals surface area contributed by atoms with E-state index in [1.807, 2.05) is 48.5 Å². The molecule has 3 aromatic carbocycles. The van der Waals surface area contributed by atoms with Gasteiger partial charge in [-0.2, -0.15) is 0 Å². The van der Waals surface area contributed by atoms with Crippen molar-refractivity contribution < 1.29 is 14.3 Å². The van der Waals surface area contributed by atoms with Crippen molar-refractivity contribution in [1.29, 1.82) is 0 Å². The largest absolute Gasteiger partial charge is 0.493 e. The molecule has 0 fully saturated rings. The van der Waals surface area contributed by atoms with Gasteiger partial charge in [0.2, 0.25) is 5.91 Å². The lowest BCUT2D eigenvalue weighted by molar-refractivity contribution is -0.119. The second-order valence-corrected chi connectivity index (χ2v) is 6.17. The van der Waals surface area contributed by atoms with E-state index in [0.717, 1.165) is 28.4 Å². The van der Waals surface area contributed by atoms with Gasteiger partial charge in [-0.3, -0.25) is 4.79 Å². The molecular weight excluding hydrogens is 340 g/mol. The van der Waals surface area contributed by atoms with Crippen LogP contribution in [0.1, 0.15) is 5.56 Å². The SMILES string of the molecule is COc1ccc(CCNC(=O)CNc2cccc3ccccc23)cc1OC. The highest BCUT2D eigenvalue weighted by atomic mass is 16.5. The Labute approximate surface area is 159 Å². The summed E-state index contributed by atoms with van der Waals surface area (Å²) in [5, 5.41) is 8.42. The predicted molar refractivity (Wildman–Crippen MR) is 109 cm³/mol. The van der Waals surface area contributed by atoms with Gasteiger partial charge in [0.25, 0.3) is 0 Å². The molecule has 5 heteroatoms. The lowest BCUT2D eigenvalue weighted by Gasteiger charge is -2.11. The van der Waals surface area contributed by atoms with Crippen LogP contribution in [0.15, 0.2) is 60.7 Å². The zero-order valence-corrected chi connectivity index (χ0v) is 15.6. The van der Waals surface area contributed by atoms with E-state index in [0.29, 0.717) is 18.0 Å². The van der Waals surface area contributed by atoms with E-state index in [1.165, 1.54) is 0 Å². The molecule has 0 saturated heterocycles. The predicted octanol–water partition coefficient (Wildman–Crippen LogP) is 3.63. The number of rotatable bonds is 8. The number of hydrogen-bond donors (Lipinski definition) is 2. The molecule has 0 radical (unpaired) electrons. The van der Waals surface area contributed by atoms with Gasteiger partial charge in [0.1, 0.15) is 0 Å². The minimum absolute atomic E-state index is 0.0385. The van der Waals surface area contributed by atoms with Crippen molar-refractivity contribution in [3.05, 3.63) is 66.2 Å². The second-order valence-electron chi connectivity index (χ2n) is 6.17. The number of ether oxygens (including phenoxy) is 2. The summed E-state index contributed by atoms with van der Waals surface area (Å²) >= 11 is 0. The molecule has 2 N–H and O–H groups in total. The summed E-state index contributed by atoms with van der Waals surface area (Å²) in [5.74, 6) is 1.35. The third-order valence-electron chi connectivity index (χ3n) is 4.41. The molecule has 140 valence electrons. The summed E-state index contributed by atoms with van der Waals surface area (Å²) in [4.78, 5) is 12.1. The lowest BCUT2D eigenvalue weighted by atomic mass is 10.1. The monoisotopic (exact) mass is 364 g/mol. The summed E-state index contributed by atoms with van der Waals surface area (Å²) < 4.78 is 10.5. The summed E-state index contributed by atoms with van der Waals surface area (Å²) in [7, 11) is 3.23. The molecule has 27 heavy (non-hydrogen) atoms.